The van der Waals surface area contributed by atoms with Crippen LogP contribution >= 0.6 is 0 Å². The van der Waals surface area contributed by atoms with E-state index >= 15 is 0 Å². The standard InChI is InChI=1S/C17H22N2O/c1-4-8-18-12-15-6-5-7-17(19-15)20-16-10-13(2)9-14(3)11-16/h5-7,9-11,18H,4,8,12H2,1-3H3. The van der Waals surface area contributed by atoms with E-state index in [1.807, 2.05) is 30.3 Å². The first-order valence-corrected chi connectivity index (χ1v) is 7.10. The summed E-state index contributed by atoms with van der Waals surface area (Å²) in [6.45, 7) is 8.07. The maximum absolute atomic E-state index is 5.85. The molecule has 0 aliphatic rings. The van der Waals surface area contributed by atoms with E-state index in [0.717, 1.165) is 31.0 Å². The highest BCUT2D eigenvalue weighted by Crippen LogP contribution is 2.22. The van der Waals surface area contributed by atoms with Crippen molar-refractivity contribution in [2.45, 2.75) is 33.7 Å². The fraction of sp³-hybridized carbons (Fsp3) is 0.353. The number of ether oxygens (including phenoxy) is 1. The van der Waals surface area contributed by atoms with Crippen LogP contribution in [0.3, 0.4) is 0 Å². The summed E-state index contributed by atoms with van der Waals surface area (Å²) < 4.78 is 5.85. The topological polar surface area (TPSA) is 34.1 Å². The molecule has 2 aromatic rings. The Labute approximate surface area is 121 Å². The molecule has 0 bridgehead atoms. The molecule has 0 radical (unpaired) electrons. The summed E-state index contributed by atoms with van der Waals surface area (Å²) in [5, 5.41) is 3.34. The predicted octanol–water partition coefficient (Wildman–Crippen LogP) is 3.99. The second-order valence-corrected chi connectivity index (χ2v) is 5.07. The average Bonchev–Trinajstić information content (AvgIpc) is 2.38. The summed E-state index contributed by atoms with van der Waals surface area (Å²) in [5.41, 5.74) is 3.39. The normalized spacial score (nSPS) is 10.6. The molecule has 3 nitrogen and oxygen atoms in total. The van der Waals surface area contributed by atoms with Crippen LogP contribution in [-0.4, -0.2) is 11.5 Å². The Balaban J connectivity index is 2.07. The van der Waals surface area contributed by atoms with E-state index < -0.39 is 0 Å². The number of rotatable bonds is 6. The summed E-state index contributed by atoms with van der Waals surface area (Å²) in [6.07, 6.45) is 1.12. The van der Waals surface area contributed by atoms with E-state index in [-0.39, 0.29) is 0 Å². The molecule has 3 heteroatoms. The first-order chi connectivity index (χ1) is 9.67. The molecule has 1 N–H and O–H groups in total. The number of hydrogen-bond donors (Lipinski definition) is 1. The van der Waals surface area contributed by atoms with Crippen molar-refractivity contribution in [3.8, 4) is 11.6 Å². The fourth-order valence-corrected chi connectivity index (χ4v) is 2.12. The Bertz CT molecular complexity index is 546. The van der Waals surface area contributed by atoms with E-state index in [9.17, 15) is 0 Å². The summed E-state index contributed by atoms with van der Waals surface area (Å²) in [5.74, 6) is 1.49. The van der Waals surface area contributed by atoms with E-state index in [1.165, 1.54) is 11.1 Å². The molecular formula is C17H22N2O. The lowest BCUT2D eigenvalue weighted by molar-refractivity contribution is 0.459. The molecule has 1 heterocycles. The Kier molecular flexibility index (Phi) is 5.13. The third-order valence-corrected chi connectivity index (χ3v) is 2.93. The molecule has 1 aromatic carbocycles. The summed E-state index contributed by atoms with van der Waals surface area (Å²) in [6, 6.07) is 12.1. The SMILES string of the molecule is CCCNCc1cccc(Oc2cc(C)cc(C)c2)n1. The summed E-state index contributed by atoms with van der Waals surface area (Å²) in [7, 11) is 0. The van der Waals surface area contributed by atoms with Gasteiger partial charge in [0.25, 0.3) is 0 Å². The van der Waals surface area contributed by atoms with Crippen LogP contribution in [-0.2, 0) is 6.54 Å². The van der Waals surface area contributed by atoms with Crippen molar-refractivity contribution in [3.63, 3.8) is 0 Å². The molecule has 20 heavy (non-hydrogen) atoms. The van der Waals surface area contributed by atoms with Gasteiger partial charge >= 0.3 is 0 Å². The first-order valence-electron chi connectivity index (χ1n) is 7.10. The van der Waals surface area contributed by atoms with Gasteiger partial charge in [-0.25, -0.2) is 4.98 Å². The average molecular weight is 270 g/mol. The smallest absolute Gasteiger partial charge is 0.219 e. The van der Waals surface area contributed by atoms with Crippen LogP contribution in [0.4, 0.5) is 0 Å². The molecule has 0 spiro atoms. The van der Waals surface area contributed by atoms with Gasteiger partial charge < -0.3 is 10.1 Å². The molecule has 0 unspecified atom stereocenters. The molecule has 0 atom stereocenters. The minimum absolute atomic E-state index is 0.644. The van der Waals surface area contributed by atoms with Crippen molar-refractivity contribution < 1.29 is 4.74 Å². The van der Waals surface area contributed by atoms with Crippen molar-refractivity contribution in [2.75, 3.05) is 6.54 Å². The van der Waals surface area contributed by atoms with Crippen LogP contribution in [0.1, 0.15) is 30.2 Å². The minimum Gasteiger partial charge on any atom is -0.439 e. The molecular weight excluding hydrogens is 248 g/mol. The molecule has 0 aliphatic carbocycles. The molecule has 1 aromatic heterocycles. The van der Waals surface area contributed by atoms with Gasteiger partial charge in [0, 0.05) is 12.6 Å². The van der Waals surface area contributed by atoms with Gasteiger partial charge in [-0.3, -0.25) is 0 Å². The van der Waals surface area contributed by atoms with E-state index in [2.05, 4.69) is 37.1 Å². The number of aromatic nitrogens is 1. The molecule has 0 fully saturated rings. The van der Waals surface area contributed by atoms with Crippen LogP contribution in [0.15, 0.2) is 36.4 Å². The van der Waals surface area contributed by atoms with Crippen molar-refractivity contribution >= 4 is 0 Å². The number of hydrogen-bond acceptors (Lipinski definition) is 3. The van der Waals surface area contributed by atoms with Crippen molar-refractivity contribution in [1.29, 1.82) is 0 Å². The second kappa shape index (κ2) is 7.06. The fourth-order valence-electron chi connectivity index (χ4n) is 2.12. The summed E-state index contributed by atoms with van der Waals surface area (Å²) in [4.78, 5) is 4.51. The van der Waals surface area contributed by atoms with Crippen LogP contribution in [0.25, 0.3) is 0 Å². The minimum atomic E-state index is 0.644. The zero-order valence-electron chi connectivity index (χ0n) is 12.4. The lowest BCUT2D eigenvalue weighted by Crippen LogP contribution is -2.14. The zero-order chi connectivity index (χ0) is 14.4. The quantitative estimate of drug-likeness (QED) is 0.806. The monoisotopic (exact) mass is 270 g/mol. The second-order valence-electron chi connectivity index (χ2n) is 5.07. The van der Waals surface area contributed by atoms with Gasteiger partial charge in [-0.05, 0) is 56.1 Å². The van der Waals surface area contributed by atoms with Crippen LogP contribution in [0, 0.1) is 13.8 Å². The third kappa shape index (κ3) is 4.35. The maximum Gasteiger partial charge on any atom is 0.219 e. The largest absolute Gasteiger partial charge is 0.439 e. The molecule has 0 saturated carbocycles. The van der Waals surface area contributed by atoms with Crippen LogP contribution < -0.4 is 10.1 Å². The van der Waals surface area contributed by atoms with Crippen molar-refractivity contribution in [3.05, 3.63) is 53.2 Å². The number of benzene rings is 1. The van der Waals surface area contributed by atoms with Gasteiger partial charge in [0.15, 0.2) is 0 Å². The lowest BCUT2D eigenvalue weighted by atomic mass is 10.1. The van der Waals surface area contributed by atoms with Gasteiger partial charge in [-0.1, -0.05) is 19.1 Å². The van der Waals surface area contributed by atoms with Gasteiger partial charge in [0.2, 0.25) is 5.88 Å². The number of pyridine rings is 1. The highest BCUT2D eigenvalue weighted by molar-refractivity contribution is 5.35. The van der Waals surface area contributed by atoms with Gasteiger partial charge in [-0.2, -0.15) is 0 Å². The van der Waals surface area contributed by atoms with Crippen LogP contribution in [0.2, 0.25) is 0 Å². The molecule has 0 saturated heterocycles. The molecule has 0 amide bonds. The molecule has 0 aliphatic heterocycles. The first kappa shape index (κ1) is 14.5. The van der Waals surface area contributed by atoms with Gasteiger partial charge in [0.1, 0.15) is 5.75 Å². The highest BCUT2D eigenvalue weighted by Gasteiger charge is 2.02. The number of nitrogens with one attached hydrogen (secondary N) is 1. The lowest BCUT2D eigenvalue weighted by Gasteiger charge is -2.09. The van der Waals surface area contributed by atoms with Gasteiger partial charge in [0.05, 0.1) is 5.69 Å². The highest BCUT2D eigenvalue weighted by atomic mass is 16.5. The number of nitrogens with zero attached hydrogens (tertiary/aromatic N) is 1. The Morgan fingerprint density at radius 1 is 1.10 bits per heavy atom. The van der Waals surface area contributed by atoms with Crippen molar-refractivity contribution in [1.82, 2.24) is 10.3 Å². The summed E-state index contributed by atoms with van der Waals surface area (Å²) >= 11 is 0. The maximum atomic E-state index is 5.85. The Hall–Kier alpha value is -1.87. The van der Waals surface area contributed by atoms with E-state index in [4.69, 9.17) is 4.74 Å². The Morgan fingerprint density at radius 2 is 1.85 bits per heavy atom. The molecule has 106 valence electrons. The number of aryl methyl sites for hydroxylation is 2. The van der Waals surface area contributed by atoms with Gasteiger partial charge in [-0.15, -0.1) is 0 Å². The zero-order valence-corrected chi connectivity index (χ0v) is 12.4. The van der Waals surface area contributed by atoms with Crippen molar-refractivity contribution in [2.24, 2.45) is 0 Å². The van der Waals surface area contributed by atoms with E-state index in [0.29, 0.717) is 5.88 Å². The van der Waals surface area contributed by atoms with Crippen LogP contribution in [0.5, 0.6) is 11.6 Å². The molecule has 2 rings (SSSR count). The third-order valence-electron chi connectivity index (χ3n) is 2.93. The Morgan fingerprint density at radius 3 is 2.55 bits per heavy atom. The van der Waals surface area contributed by atoms with E-state index in [1.54, 1.807) is 0 Å². The predicted molar refractivity (Wildman–Crippen MR) is 82.2 cm³/mol.